The van der Waals surface area contributed by atoms with Crippen molar-refractivity contribution in [3.63, 3.8) is 0 Å². The molecule has 0 amide bonds. The smallest absolute Gasteiger partial charge is 0.310 e. The zero-order chi connectivity index (χ0) is 18.9. The van der Waals surface area contributed by atoms with Crippen molar-refractivity contribution in [1.82, 2.24) is 0 Å². The van der Waals surface area contributed by atoms with Crippen LogP contribution in [0.5, 0.6) is 0 Å². The number of fused-ring (bicyclic) bond motifs is 1. The van der Waals surface area contributed by atoms with E-state index in [1.54, 1.807) is 24.3 Å². The van der Waals surface area contributed by atoms with Crippen molar-refractivity contribution >= 4 is 33.0 Å². The number of allylic oxidation sites excluding steroid dienone is 2. The summed E-state index contributed by atoms with van der Waals surface area (Å²) in [4.78, 5) is 12.2. The van der Waals surface area contributed by atoms with Gasteiger partial charge >= 0.3 is 5.97 Å². The highest BCUT2D eigenvalue weighted by atomic mass is 32.2. The summed E-state index contributed by atoms with van der Waals surface area (Å²) < 4.78 is 28.1. The van der Waals surface area contributed by atoms with Crippen molar-refractivity contribution in [3.8, 4) is 0 Å². The van der Waals surface area contributed by atoms with Gasteiger partial charge in [-0.05, 0) is 58.5 Å². The molecule has 0 aromatic heterocycles. The Labute approximate surface area is 153 Å². The van der Waals surface area contributed by atoms with E-state index in [9.17, 15) is 13.2 Å². The molecule has 1 aliphatic rings. The number of hydrogen-bond donors (Lipinski definition) is 0. The topological polar surface area (TPSA) is 60.4 Å². The third-order valence-corrected chi connectivity index (χ3v) is 5.70. The Bertz CT molecular complexity index is 1030. The number of carbonyl (C=O) groups is 1. The highest BCUT2D eigenvalue weighted by molar-refractivity contribution is 7.90. The van der Waals surface area contributed by atoms with E-state index in [-0.39, 0.29) is 17.3 Å². The Balaban J connectivity index is 2.08. The van der Waals surface area contributed by atoms with E-state index < -0.39 is 9.84 Å². The molecule has 0 radical (unpaired) electrons. The lowest BCUT2D eigenvalue weighted by molar-refractivity contribution is -0.139. The quantitative estimate of drug-likeness (QED) is 0.766. The summed E-state index contributed by atoms with van der Waals surface area (Å²) in [6.07, 6.45) is 3.37. The third kappa shape index (κ3) is 3.48. The molecule has 2 aromatic rings. The average molecular weight is 368 g/mol. The fraction of sp³-hybridized carbons (Fsp3) is 0.190. The van der Waals surface area contributed by atoms with Gasteiger partial charge < -0.3 is 4.74 Å². The molecule has 1 aliphatic carbocycles. The molecule has 3 rings (SSSR count). The highest BCUT2D eigenvalue weighted by Gasteiger charge is 2.25. The molecule has 134 valence electrons. The number of carbonyl (C=O) groups excluding carboxylic acids is 1. The lowest BCUT2D eigenvalue weighted by atomic mass is 9.98. The molecule has 0 unspecified atom stereocenters. The van der Waals surface area contributed by atoms with Gasteiger partial charge in [0.05, 0.1) is 18.4 Å². The van der Waals surface area contributed by atoms with E-state index >= 15 is 0 Å². The first-order valence-electron chi connectivity index (χ1n) is 8.20. The summed E-state index contributed by atoms with van der Waals surface area (Å²) >= 11 is 0. The molecule has 0 saturated heterocycles. The molecule has 2 aromatic carbocycles. The number of esters is 1. The van der Waals surface area contributed by atoms with Crippen LogP contribution in [-0.4, -0.2) is 27.8 Å². The lowest BCUT2D eigenvalue weighted by Gasteiger charge is -2.08. The second-order valence-electron chi connectivity index (χ2n) is 6.30. The van der Waals surface area contributed by atoms with Crippen molar-refractivity contribution in [3.05, 3.63) is 70.8 Å². The maximum atomic E-state index is 11.9. The monoisotopic (exact) mass is 368 g/mol. The van der Waals surface area contributed by atoms with Crippen molar-refractivity contribution in [2.24, 2.45) is 0 Å². The maximum Gasteiger partial charge on any atom is 0.310 e. The molecule has 5 heteroatoms. The number of methoxy groups -OCH3 is 1. The van der Waals surface area contributed by atoms with E-state index in [0.29, 0.717) is 0 Å². The number of rotatable bonds is 4. The molecular weight excluding hydrogens is 348 g/mol. The van der Waals surface area contributed by atoms with E-state index in [4.69, 9.17) is 4.74 Å². The normalized spacial score (nSPS) is 15.3. The van der Waals surface area contributed by atoms with Crippen molar-refractivity contribution < 1.29 is 17.9 Å². The van der Waals surface area contributed by atoms with Gasteiger partial charge in [-0.15, -0.1) is 0 Å². The minimum atomic E-state index is -3.23. The van der Waals surface area contributed by atoms with Gasteiger partial charge in [-0.1, -0.05) is 36.4 Å². The molecule has 0 aliphatic heterocycles. The van der Waals surface area contributed by atoms with Gasteiger partial charge in [0.2, 0.25) is 0 Å². The van der Waals surface area contributed by atoms with E-state index in [0.717, 1.165) is 33.4 Å². The van der Waals surface area contributed by atoms with Crippen molar-refractivity contribution in [2.45, 2.75) is 18.2 Å². The zero-order valence-corrected chi connectivity index (χ0v) is 15.8. The first-order chi connectivity index (χ1) is 12.3. The van der Waals surface area contributed by atoms with Crippen LogP contribution in [0.2, 0.25) is 0 Å². The Hall–Kier alpha value is -2.66. The summed E-state index contributed by atoms with van der Waals surface area (Å²) in [5.74, 6) is -0.287. The molecule has 4 nitrogen and oxygen atoms in total. The largest absolute Gasteiger partial charge is 0.469 e. The minimum Gasteiger partial charge on any atom is -0.469 e. The van der Waals surface area contributed by atoms with Gasteiger partial charge in [-0.25, -0.2) is 8.42 Å². The van der Waals surface area contributed by atoms with Crippen LogP contribution in [0.15, 0.2) is 59.0 Å². The van der Waals surface area contributed by atoms with Gasteiger partial charge in [-0.2, -0.15) is 0 Å². The molecule has 0 N–H and O–H groups in total. The summed E-state index contributed by atoms with van der Waals surface area (Å²) in [5.41, 5.74) is 6.01. The molecule has 0 atom stereocenters. The standard InChI is InChI=1S/C21H20O4S/c1-14-17-6-4-5-7-18(17)20(19(14)13-21(22)25-2)12-15-8-10-16(11-9-15)26(3,23)24/h4-12H,13H2,1-3H3. The Morgan fingerprint density at radius 3 is 2.23 bits per heavy atom. The molecule has 0 spiro atoms. The first-order valence-corrected chi connectivity index (χ1v) is 10.1. The molecule has 0 bridgehead atoms. The predicted octanol–water partition coefficient (Wildman–Crippen LogP) is 3.98. The number of ether oxygens (including phenoxy) is 1. The summed E-state index contributed by atoms with van der Waals surface area (Å²) in [6.45, 7) is 2.00. The Morgan fingerprint density at radius 1 is 1.04 bits per heavy atom. The fourth-order valence-corrected chi connectivity index (χ4v) is 3.79. The van der Waals surface area contributed by atoms with Crippen LogP contribution in [0.3, 0.4) is 0 Å². The molecule has 0 heterocycles. The van der Waals surface area contributed by atoms with E-state index in [1.807, 2.05) is 37.3 Å². The summed E-state index contributed by atoms with van der Waals surface area (Å²) in [6, 6.07) is 14.7. The molecule has 26 heavy (non-hydrogen) atoms. The minimum absolute atomic E-state index is 0.199. The second kappa shape index (κ2) is 6.92. The SMILES string of the molecule is COC(=O)CC1=C(C)c2ccccc2C1=Cc1ccc(S(C)(=O)=O)cc1. The van der Waals surface area contributed by atoms with Gasteiger partial charge in [-0.3, -0.25) is 4.79 Å². The number of hydrogen-bond acceptors (Lipinski definition) is 4. The Morgan fingerprint density at radius 2 is 1.65 bits per heavy atom. The summed E-state index contributed by atoms with van der Waals surface area (Å²) in [5, 5.41) is 0. The van der Waals surface area contributed by atoms with Crippen molar-refractivity contribution in [2.75, 3.05) is 13.4 Å². The van der Waals surface area contributed by atoms with Gasteiger partial charge in [0, 0.05) is 6.26 Å². The fourth-order valence-electron chi connectivity index (χ4n) is 3.16. The van der Waals surface area contributed by atoms with Crippen LogP contribution in [0, 0.1) is 0 Å². The van der Waals surface area contributed by atoms with Crippen LogP contribution < -0.4 is 0 Å². The van der Waals surface area contributed by atoms with E-state index in [1.165, 1.54) is 13.4 Å². The molecule has 0 saturated carbocycles. The number of sulfone groups is 1. The van der Waals surface area contributed by atoms with Crippen molar-refractivity contribution in [1.29, 1.82) is 0 Å². The summed E-state index contributed by atoms with van der Waals surface area (Å²) in [7, 11) is -1.84. The number of benzene rings is 2. The van der Waals surface area contributed by atoms with Gasteiger partial charge in [0.1, 0.15) is 0 Å². The second-order valence-corrected chi connectivity index (χ2v) is 8.32. The molecular formula is C21H20O4S. The van der Waals surface area contributed by atoms with Crippen LogP contribution in [0.1, 0.15) is 30.0 Å². The highest BCUT2D eigenvalue weighted by Crippen LogP contribution is 2.43. The van der Waals surface area contributed by atoms with Gasteiger partial charge in [0.15, 0.2) is 9.84 Å². The first kappa shape index (κ1) is 18.1. The van der Waals surface area contributed by atoms with Gasteiger partial charge in [0.25, 0.3) is 0 Å². The average Bonchev–Trinajstić information content (AvgIpc) is 2.87. The zero-order valence-electron chi connectivity index (χ0n) is 14.9. The van der Waals surface area contributed by atoms with E-state index in [2.05, 4.69) is 0 Å². The van der Waals surface area contributed by atoms with Crippen LogP contribution in [-0.2, 0) is 19.4 Å². The predicted molar refractivity (Wildman–Crippen MR) is 103 cm³/mol. The molecule has 0 fully saturated rings. The Kier molecular flexibility index (Phi) is 4.83. The maximum absolute atomic E-state index is 11.9. The third-order valence-electron chi connectivity index (χ3n) is 4.57. The lowest BCUT2D eigenvalue weighted by Crippen LogP contribution is -2.02. The van der Waals surface area contributed by atoms with Crippen LogP contribution >= 0.6 is 0 Å². The van der Waals surface area contributed by atoms with Crippen LogP contribution in [0.4, 0.5) is 0 Å². The van der Waals surface area contributed by atoms with Crippen LogP contribution in [0.25, 0.3) is 17.2 Å².